The Hall–Kier alpha value is -1.88. The van der Waals surface area contributed by atoms with Crippen LogP contribution in [0.25, 0.3) is 0 Å². The van der Waals surface area contributed by atoms with Crippen molar-refractivity contribution in [2.24, 2.45) is 0 Å². The first-order valence-electron chi connectivity index (χ1n) is 7.27. The lowest BCUT2D eigenvalue weighted by Gasteiger charge is -2.10. The molecular weight excluding hydrogens is 282 g/mol. The Balaban J connectivity index is 2.07. The first-order chi connectivity index (χ1) is 10.2. The van der Waals surface area contributed by atoms with Crippen molar-refractivity contribution in [1.82, 2.24) is 10.3 Å². The summed E-state index contributed by atoms with van der Waals surface area (Å²) in [5.74, 6) is 0.717. The maximum Gasteiger partial charge on any atom is 0.251 e. The van der Waals surface area contributed by atoms with Gasteiger partial charge in [-0.15, -0.1) is 0 Å². The van der Waals surface area contributed by atoms with Crippen LogP contribution in [0.15, 0.2) is 29.0 Å². The Morgan fingerprint density at radius 2 is 2.19 bits per heavy atom. The number of thiophene rings is 1. The molecule has 0 fully saturated rings. The second kappa shape index (κ2) is 7.78. The molecule has 0 spiro atoms. The fourth-order valence-electron chi connectivity index (χ4n) is 1.92. The third-order valence-corrected chi connectivity index (χ3v) is 3.82. The molecule has 2 N–H and O–H groups in total. The van der Waals surface area contributed by atoms with E-state index < -0.39 is 0 Å². The van der Waals surface area contributed by atoms with Crippen LogP contribution in [0, 0.1) is 0 Å². The number of hydrogen-bond donors (Lipinski definition) is 2. The van der Waals surface area contributed by atoms with Crippen molar-refractivity contribution in [2.45, 2.75) is 33.2 Å². The van der Waals surface area contributed by atoms with Crippen molar-refractivity contribution in [3.8, 4) is 0 Å². The zero-order chi connectivity index (χ0) is 15.1. The van der Waals surface area contributed by atoms with Crippen LogP contribution in [0.3, 0.4) is 0 Å². The molecular formula is C16H21N3OS. The van der Waals surface area contributed by atoms with Gasteiger partial charge in [0.05, 0.1) is 0 Å². The monoisotopic (exact) mass is 303 g/mol. The van der Waals surface area contributed by atoms with Crippen molar-refractivity contribution in [1.29, 1.82) is 0 Å². The molecule has 21 heavy (non-hydrogen) atoms. The van der Waals surface area contributed by atoms with Gasteiger partial charge in [0.2, 0.25) is 0 Å². The van der Waals surface area contributed by atoms with E-state index in [0.717, 1.165) is 36.5 Å². The Morgan fingerprint density at radius 1 is 1.33 bits per heavy atom. The molecule has 2 aromatic heterocycles. The fourth-order valence-corrected chi connectivity index (χ4v) is 2.59. The Bertz CT molecular complexity index is 581. The number of carbonyl (C=O) groups is 1. The first kappa shape index (κ1) is 15.5. The van der Waals surface area contributed by atoms with Crippen molar-refractivity contribution in [3.05, 3.63) is 45.8 Å². The van der Waals surface area contributed by atoms with Crippen LogP contribution in [0.1, 0.15) is 41.9 Å². The standard InChI is InChI=1S/C16H21N3OS/c1-3-6-17-15-9-13(8-14(4-2)19-15)16(20)18-10-12-5-7-21-11-12/h5,7-9,11H,3-4,6,10H2,1-2H3,(H,17,19)(H,18,20). The van der Waals surface area contributed by atoms with Crippen LogP contribution in [0.5, 0.6) is 0 Å². The average Bonchev–Trinajstić information content (AvgIpc) is 3.03. The summed E-state index contributed by atoms with van der Waals surface area (Å²) in [5, 5.41) is 10.2. The van der Waals surface area contributed by atoms with Crippen LogP contribution in [0.4, 0.5) is 5.82 Å². The number of amides is 1. The SMILES string of the molecule is CCCNc1cc(C(=O)NCc2ccsc2)cc(CC)n1. The number of nitrogens with one attached hydrogen (secondary N) is 2. The summed E-state index contributed by atoms with van der Waals surface area (Å²) in [4.78, 5) is 16.8. The smallest absolute Gasteiger partial charge is 0.251 e. The van der Waals surface area contributed by atoms with E-state index in [9.17, 15) is 4.79 Å². The number of aromatic nitrogens is 1. The van der Waals surface area contributed by atoms with Crippen LogP contribution < -0.4 is 10.6 Å². The molecule has 4 nitrogen and oxygen atoms in total. The molecule has 0 unspecified atom stereocenters. The van der Waals surface area contributed by atoms with Crippen molar-refractivity contribution in [3.63, 3.8) is 0 Å². The maximum atomic E-state index is 12.3. The molecule has 0 saturated heterocycles. The number of rotatable bonds is 7. The molecule has 0 bridgehead atoms. The Labute approximate surface area is 129 Å². The fraction of sp³-hybridized carbons (Fsp3) is 0.375. The number of hydrogen-bond acceptors (Lipinski definition) is 4. The first-order valence-corrected chi connectivity index (χ1v) is 8.21. The van der Waals surface area contributed by atoms with E-state index in [2.05, 4.69) is 22.5 Å². The lowest BCUT2D eigenvalue weighted by atomic mass is 10.1. The highest BCUT2D eigenvalue weighted by atomic mass is 32.1. The summed E-state index contributed by atoms with van der Waals surface area (Å²) >= 11 is 1.63. The predicted octanol–water partition coefficient (Wildman–Crippen LogP) is 3.46. The largest absolute Gasteiger partial charge is 0.370 e. The van der Waals surface area contributed by atoms with Crippen LogP contribution in [-0.2, 0) is 13.0 Å². The highest BCUT2D eigenvalue weighted by Crippen LogP contribution is 2.12. The van der Waals surface area contributed by atoms with Gasteiger partial charge in [-0.25, -0.2) is 4.98 Å². The molecule has 0 radical (unpaired) electrons. The summed E-state index contributed by atoms with van der Waals surface area (Å²) in [6.45, 7) is 5.56. The highest BCUT2D eigenvalue weighted by molar-refractivity contribution is 7.07. The number of anilines is 1. The molecule has 0 aliphatic rings. The van der Waals surface area contributed by atoms with Gasteiger partial charge in [0, 0.05) is 24.3 Å². The molecule has 0 aliphatic carbocycles. The summed E-state index contributed by atoms with van der Waals surface area (Å²) in [7, 11) is 0. The molecule has 0 saturated carbocycles. The zero-order valence-corrected chi connectivity index (χ0v) is 13.3. The summed E-state index contributed by atoms with van der Waals surface area (Å²) in [5.41, 5.74) is 2.72. The lowest BCUT2D eigenvalue weighted by molar-refractivity contribution is 0.0951. The van der Waals surface area contributed by atoms with Crippen LogP contribution in [0.2, 0.25) is 0 Å². The lowest BCUT2D eigenvalue weighted by Crippen LogP contribution is -2.23. The summed E-state index contributed by atoms with van der Waals surface area (Å²) < 4.78 is 0. The molecule has 0 aliphatic heterocycles. The van der Waals surface area contributed by atoms with Crippen molar-refractivity contribution in [2.75, 3.05) is 11.9 Å². The number of pyridine rings is 1. The minimum Gasteiger partial charge on any atom is -0.370 e. The molecule has 0 atom stereocenters. The van der Waals surface area contributed by atoms with Crippen molar-refractivity contribution >= 4 is 23.1 Å². The van der Waals surface area contributed by atoms with Gasteiger partial charge in [-0.2, -0.15) is 11.3 Å². The van der Waals surface area contributed by atoms with E-state index in [4.69, 9.17) is 0 Å². The van der Waals surface area contributed by atoms with Gasteiger partial charge in [-0.1, -0.05) is 13.8 Å². The second-order valence-corrected chi connectivity index (χ2v) is 5.61. The maximum absolute atomic E-state index is 12.3. The number of nitrogens with zero attached hydrogens (tertiary/aromatic N) is 1. The molecule has 112 valence electrons. The number of carbonyl (C=O) groups excluding carboxylic acids is 1. The molecule has 1 amide bonds. The summed E-state index contributed by atoms with van der Waals surface area (Å²) in [6.07, 6.45) is 1.84. The highest BCUT2D eigenvalue weighted by Gasteiger charge is 2.09. The molecule has 2 rings (SSSR count). The quantitative estimate of drug-likeness (QED) is 0.823. The third-order valence-electron chi connectivity index (χ3n) is 3.09. The van der Waals surface area contributed by atoms with E-state index in [0.29, 0.717) is 12.1 Å². The van der Waals surface area contributed by atoms with E-state index in [1.807, 2.05) is 35.9 Å². The van der Waals surface area contributed by atoms with E-state index in [1.165, 1.54) is 0 Å². The second-order valence-electron chi connectivity index (χ2n) is 4.83. The van der Waals surface area contributed by atoms with Gasteiger partial charge in [0.15, 0.2) is 0 Å². The molecule has 5 heteroatoms. The molecule has 2 heterocycles. The minimum absolute atomic E-state index is 0.0575. The van der Waals surface area contributed by atoms with Gasteiger partial charge >= 0.3 is 0 Å². The normalized spacial score (nSPS) is 10.4. The van der Waals surface area contributed by atoms with Gasteiger partial charge in [-0.05, 0) is 47.4 Å². The van der Waals surface area contributed by atoms with E-state index >= 15 is 0 Å². The topological polar surface area (TPSA) is 54.0 Å². The van der Waals surface area contributed by atoms with Gasteiger partial charge in [0.25, 0.3) is 5.91 Å². The predicted molar refractivity (Wildman–Crippen MR) is 87.9 cm³/mol. The average molecular weight is 303 g/mol. The van der Waals surface area contributed by atoms with Gasteiger partial charge < -0.3 is 10.6 Å². The zero-order valence-electron chi connectivity index (χ0n) is 12.5. The van der Waals surface area contributed by atoms with Crippen molar-refractivity contribution < 1.29 is 4.79 Å². The number of aryl methyl sites for hydroxylation is 1. The summed E-state index contributed by atoms with van der Waals surface area (Å²) in [6, 6.07) is 5.70. The Morgan fingerprint density at radius 3 is 2.86 bits per heavy atom. The Kier molecular flexibility index (Phi) is 5.75. The minimum atomic E-state index is -0.0575. The van der Waals surface area contributed by atoms with Gasteiger partial charge in [0.1, 0.15) is 5.82 Å². The molecule has 0 aromatic carbocycles. The third kappa shape index (κ3) is 4.56. The van der Waals surface area contributed by atoms with E-state index in [1.54, 1.807) is 11.3 Å². The van der Waals surface area contributed by atoms with Crippen LogP contribution in [-0.4, -0.2) is 17.4 Å². The van der Waals surface area contributed by atoms with Crippen LogP contribution >= 0.6 is 11.3 Å². The van der Waals surface area contributed by atoms with Gasteiger partial charge in [-0.3, -0.25) is 4.79 Å². The van der Waals surface area contributed by atoms with E-state index in [-0.39, 0.29) is 5.91 Å². The molecule has 2 aromatic rings.